The molecule has 4 heteroatoms. The lowest BCUT2D eigenvalue weighted by atomic mass is 9.70. The molecule has 0 amide bonds. The number of hydrogen-bond acceptors (Lipinski definition) is 4. The molecule has 4 nitrogen and oxygen atoms in total. The first-order valence-electron chi connectivity index (χ1n) is 12.4. The molecule has 0 saturated heterocycles. The van der Waals surface area contributed by atoms with Crippen LogP contribution < -0.4 is 5.32 Å². The number of rotatable bonds is 3. The van der Waals surface area contributed by atoms with Crippen molar-refractivity contribution in [2.75, 3.05) is 0 Å². The summed E-state index contributed by atoms with van der Waals surface area (Å²) in [7, 11) is 0. The Balaban J connectivity index is 1.41. The summed E-state index contributed by atoms with van der Waals surface area (Å²) in [5.41, 5.74) is 5.43. The highest BCUT2D eigenvalue weighted by atomic mass is 16.5. The standard InChI is InChI=1S/C30H31NO3/c1-17-23(28(33)34-22-16-19-14-15-30(22,4)29(19,2)3)24(18-10-6-5-7-11-18)25-26(31-17)20-12-8-9-13-21(20)27(25)32/h5-13,19,22,24,31H,14-16H2,1-4H3/t19-,22-,24-,30-/m0/s1. The van der Waals surface area contributed by atoms with E-state index in [1.165, 1.54) is 6.42 Å². The lowest BCUT2D eigenvalue weighted by molar-refractivity contribution is -0.152. The van der Waals surface area contributed by atoms with Gasteiger partial charge in [0, 0.05) is 33.7 Å². The van der Waals surface area contributed by atoms with Crippen molar-refractivity contribution >= 4 is 17.4 Å². The Bertz CT molecular complexity index is 1290. The quantitative estimate of drug-likeness (QED) is 0.578. The van der Waals surface area contributed by atoms with Crippen LogP contribution in [0.5, 0.6) is 0 Å². The molecule has 1 heterocycles. The molecule has 3 aliphatic carbocycles. The van der Waals surface area contributed by atoms with E-state index in [1.54, 1.807) is 0 Å². The monoisotopic (exact) mass is 453 g/mol. The third-order valence-corrected chi connectivity index (χ3v) is 9.56. The first-order chi connectivity index (χ1) is 16.2. The number of esters is 1. The van der Waals surface area contributed by atoms with Gasteiger partial charge in [-0.15, -0.1) is 0 Å². The van der Waals surface area contributed by atoms with Gasteiger partial charge in [-0.05, 0) is 43.1 Å². The second-order valence-electron chi connectivity index (χ2n) is 11.2. The summed E-state index contributed by atoms with van der Waals surface area (Å²) in [5, 5.41) is 3.42. The zero-order valence-corrected chi connectivity index (χ0v) is 20.3. The van der Waals surface area contributed by atoms with E-state index >= 15 is 0 Å². The van der Waals surface area contributed by atoms with E-state index in [1.807, 2.05) is 61.5 Å². The second kappa shape index (κ2) is 7.18. The number of fused-ring (bicyclic) bond motifs is 4. The summed E-state index contributed by atoms with van der Waals surface area (Å²) in [5.74, 6) is -0.189. The zero-order valence-electron chi connectivity index (χ0n) is 20.3. The minimum Gasteiger partial charge on any atom is -0.458 e. The predicted octanol–water partition coefficient (Wildman–Crippen LogP) is 6.01. The number of Topliss-reactive ketones (excluding diaryl/α,β-unsaturated/α-hetero) is 1. The fourth-order valence-electron chi connectivity index (χ4n) is 7.08. The lowest BCUT2D eigenvalue weighted by Gasteiger charge is -2.39. The molecule has 4 atom stereocenters. The molecule has 6 rings (SSSR count). The van der Waals surface area contributed by atoms with Gasteiger partial charge in [0.2, 0.25) is 0 Å². The molecule has 2 fully saturated rings. The third kappa shape index (κ3) is 2.71. The van der Waals surface area contributed by atoms with Crippen molar-refractivity contribution in [3.63, 3.8) is 0 Å². The van der Waals surface area contributed by atoms with Crippen LogP contribution in [0.3, 0.4) is 0 Å². The van der Waals surface area contributed by atoms with E-state index in [0.29, 0.717) is 22.6 Å². The SMILES string of the molecule is CC1=C(C(=O)O[C@H]2C[C@@H]3CC[C@]2(C)C3(C)C)[C@H](c2ccccc2)C2=C(N1)c1ccccc1C2=O. The van der Waals surface area contributed by atoms with Gasteiger partial charge in [0.1, 0.15) is 6.10 Å². The van der Waals surface area contributed by atoms with Crippen molar-refractivity contribution in [2.45, 2.75) is 59.0 Å². The van der Waals surface area contributed by atoms with Crippen LogP contribution in [0.4, 0.5) is 0 Å². The third-order valence-electron chi connectivity index (χ3n) is 9.56. The molecular weight excluding hydrogens is 422 g/mol. The minimum atomic E-state index is -0.454. The van der Waals surface area contributed by atoms with Crippen LogP contribution in [-0.4, -0.2) is 17.9 Å². The van der Waals surface area contributed by atoms with Gasteiger partial charge >= 0.3 is 5.97 Å². The summed E-state index contributed by atoms with van der Waals surface area (Å²) in [6, 6.07) is 17.5. The maximum atomic E-state index is 13.9. The van der Waals surface area contributed by atoms with Gasteiger partial charge in [-0.1, -0.05) is 75.4 Å². The van der Waals surface area contributed by atoms with E-state index in [0.717, 1.165) is 35.4 Å². The molecule has 2 aromatic carbocycles. The van der Waals surface area contributed by atoms with E-state index in [9.17, 15) is 9.59 Å². The van der Waals surface area contributed by atoms with Crippen molar-refractivity contribution < 1.29 is 14.3 Å². The Hall–Kier alpha value is -3.14. The molecule has 0 radical (unpaired) electrons. The number of ketones is 1. The molecule has 1 N–H and O–H groups in total. The Morgan fingerprint density at radius 3 is 2.32 bits per heavy atom. The zero-order chi connectivity index (χ0) is 23.8. The van der Waals surface area contributed by atoms with Crippen LogP contribution in [-0.2, 0) is 9.53 Å². The summed E-state index contributed by atoms with van der Waals surface area (Å²) in [6.45, 7) is 8.85. The van der Waals surface area contributed by atoms with Crippen molar-refractivity contribution in [3.8, 4) is 0 Å². The summed E-state index contributed by atoms with van der Waals surface area (Å²) in [4.78, 5) is 27.5. The van der Waals surface area contributed by atoms with Gasteiger partial charge < -0.3 is 10.1 Å². The number of carbonyl (C=O) groups is 2. The topological polar surface area (TPSA) is 55.4 Å². The van der Waals surface area contributed by atoms with Gasteiger partial charge in [0.05, 0.1) is 11.3 Å². The van der Waals surface area contributed by atoms with Gasteiger partial charge in [0.25, 0.3) is 0 Å². The summed E-state index contributed by atoms with van der Waals surface area (Å²) < 4.78 is 6.34. The molecule has 2 saturated carbocycles. The molecule has 4 aliphatic rings. The lowest BCUT2D eigenvalue weighted by Crippen LogP contribution is -2.39. The predicted molar refractivity (Wildman–Crippen MR) is 132 cm³/mol. The molecule has 1 aliphatic heterocycles. The second-order valence-corrected chi connectivity index (χ2v) is 11.2. The number of ether oxygens (including phenoxy) is 1. The normalized spacial score (nSPS) is 30.8. The molecule has 2 aromatic rings. The van der Waals surface area contributed by atoms with Crippen LogP contribution in [0.25, 0.3) is 5.70 Å². The Kier molecular flexibility index (Phi) is 4.52. The minimum absolute atomic E-state index is 0.0160. The fraction of sp³-hybridized carbons (Fsp3) is 0.400. The molecule has 174 valence electrons. The van der Waals surface area contributed by atoms with Crippen molar-refractivity contribution in [3.05, 3.63) is 88.1 Å². The number of benzene rings is 2. The molecule has 0 aromatic heterocycles. The highest BCUT2D eigenvalue weighted by Crippen LogP contribution is 2.66. The van der Waals surface area contributed by atoms with Crippen molar-refractivity contribution in [1.29, 1.82) is 0 Å². The maximum absolute atomic E-state index is 13.9. The highest BCUT2D eigenvalue weighted by molar-refractivity contribution is 6.23. The van der Waals surface area contributed by atoms with Crippen LogP contribution in [0.1, 0.15) is 74.4 Å². The molecule has 2 bridgehead atoms. The average molecular weight is 454 g/mol. The Labute approximate surface area is 201 Å². The Morgan fingerprint density at radius 2 is 1.68 bits per heavy atom. The average Bonchev–Trinajstić information content (AvgIpc) is 3.31. The van der Waals surface area contributed by atoms with E-state index in [-0.39, 0.29) is 28.7 Å². The molecular formula is C30H31NO3. The summed E-state index contributed by atoms with van der Waals surface area (Å²) >= 11 is 0. The van der Waals surface area contributed by atoms with Crippen LogP contribution >= 0.6 is 0 Å². The summed E-state index contributed by atoms with van der Waals surface area (Å²) in [6.07, 6.45) is 3.11. The van der Waals surface area contributed by atoms with Gasteiger partial charge in [-0.2, -0.15) is 0 Å². The Morgan fingerprint density at radius 1 is 1.00 bits per heavy atom. The van der Waals surface area contributed by atoms with Crippen molar-refractivity contribution in [2.24, 2.45) is 16.7 Å². The first kappa shape index (κ1) is 21.4. The van der Waals surface area contributed by atoms with Gasteiger partial charge in [-0.3, -0.25) is 4.79 Å². The smallest absolute Gasteiger partial charge is 0.337 e. The largest absolute Gasteiger partial charge is 0.458 e. The fourth-order valence-corrected chi connectivity index (χ4v) is 7.08. The first-order valence-corrected chi connectivity index (χ1v) is 12.4. The number of allylic oxidation sites excluding steroid dienone is 2. The van der Waals surface area contributed by atoms with Crippen LogP contribution in [0.15, 0.2) is 71.4 Å². The number of hydrogen-bond donors (Lipinski definition) is 1. The van der Waals surface area contributed by atoms with Crippen LogP contribution in [0.2, 0.25) is 0 Å². The van der Waals surface area contributed by atoms with E-state index in [4.69, 9.17) is 4.74 Å². The number of nitrogens with one attached hydrogen (secondary N) is 1. The highest BCUT2D eigenvalue weighted by Gasteiger charge is 2.63. The molecule has 34 heavy (non-hydrogen) atoms. The molecule has 0 unspecified atom stereocenters. The maximum Gasteiger partial charge on any atom is 0.337 e. The van der Waals surface area contributed by atoms with E-state index < -0.39 is 5.92 Å². The number of dihydropyridines is 1. The van der Waals surface area contributed by atoms with Gasteiger partial charge in [-0.25, -0.2) is 4.79 Å². The van der Waals surface area contributed by atoms with E-state index in [2.05, 4.69) is 26.1 Å². The molecule has 0 spiro atoms. The number of carbonyl (C=O) groups excluding carboxylic acids is 2. The van der Waals surface area contributed by atoms with Crippen molar-refractivity contribution in [1.82, 2.24) is 5.32 Å². The van der Waals surface area contributed by atoms with Gasteiger partial charge in [0.15, 0.2) is 5.78 Å². The van der Waals surface area contributed by atoms with Crippen LogP contribution in [0, 0.1) is 16.7 Å².